The second kappa shape index (κ2) is 6.56. The fourth-order valence-electron chi connectivity index (χ4n) is 1.70. The van der Waals surface area contributed by atoms with Crippen LogP contribution in [0.15, 0.2) is 34.9 Å². The summed E-state index contributed by atoms with van der Waals surface area (Å²) in [4.78, 5) is 22.5. The summed E-state index contributed by atoms with van der Waals surface area (Å²) in [7, 11) is 0. The second-order valence-corrected chi connectivity index (χ2v) is 4.45. The lowest BCUT2D eigenvalue weighted by Crippen LogP contribution is -2.20. The summed E-state index contributed by atoms with van der Waals surface area (Å²) in [5, 5.41) is 6.18. The number of nitrogens with zero attached hydrogens (tertiary/aromatic N) is 1. The summed E-state index contributed by atoms with van der Waals surface area (Å²) in [6, 6.07) is 8.45. The van der Waals surface area contributed by atoms with Crippen LogP contribution in [0.4, 0.5) is 5.82 Å². The minimum atomic E-state index is -0.425. The number of benzene rings is 1. The van der Waals surface area contributed by atoms with E-state index in [1.54, 1.807) is 37.3 Å². The average Bonchev–Trinajstić information content (AvgIpc) is 2.81. The van der Waals surface area contributed by atoms with Crippen molar-refractivity contribution >= 4 is 17.6 Å². The van der Waals surface area contributed by atoms with E-state index in [-0.39, 0.29) is 18.9 Å². The zero-order valence-corrected chi connectivity index (χ0v) is 11.5. The first-order valence-corrected chi connectivity index (χ1v) is 6.26. The van der Waals surface area contributed by atoms with Gasteiger partial charge in [-0.3, -0.25) is 9.59 Å². The van der Waals surface area contributed by atoms with Crippen LogP contribution in [0.2, 0.25) is 0 Å². The maximum atomic E-state index is 11.7. The van der Waals surface area contributed by atoms with Crippen molar-refractivity contribution in [2.24, 2.45) is 5.73 Å². The smallest absolute Gasteiger partial charge is 0.263 e. The van der Waals surface area contributed by atoms with Crippen molar-refractivity contribution in [1.29, 1.82) is 0 Å². The highest BCUT2D eigenvalue weighted by molar-refractivity contribution is 5.90. The van der Waals surface area contributed by atoms with Crippen LogP contribution < -0.4 is 15.8 Å². The molecule has 1 aromatic carbocycles. The van der Waals surface area contributed by atoms with Crippen LogP contribution in [-0.4, -0.2) is 23.6 Å². The highest BCUT2D eigenvalue weighted by Crippen LogP contribution is 2.14. The number of hydrogen-bond donors (Lipinski definition) is 2. The molecule has 0 saturated heterocycles. The fraction of sp³-hybridized carbons (Fsp3) is 0.214. The summed E-state index contributed by atoms with van der Waals surface area (Å²) < 4.78 is 10.2. The number of aryl methyl sites for hydroxylation is 1. The number of nitrogens with one attached hydrogen (secondary N) is 1. The number of hydrogen-bond acceptors (Lipinski definition) is 5. The number of primary amides is 1. The number of carbonyl (C=O) groups excluding carboxylic acids is 2. The highest BCUT2D eigenvalue weighted by atomic mass is 16.5. The summed E-state index contributed by atoms with van der Waals surface area (Å²) in [6.07, 6.45) is 0.127. The molecule has 0 aliphatic heterocycles. The Morgan fingerprint density at radius 1 is 1.38 bits per heavy atom. The molecular weight excluding hydrogens is 274 g/mol. The Balaban J connectivity index is 1.87. The predicted molar refractivity (Wildman–Crippen MR) is 74.7 cm³/mol. The van der Waals surface area contributed by atoms with Gasteiger partial charge in [0.15, 0.2) is 12.4 Å². The van der Waals surface area contributed by atoms with Crippen LogP contribution in [0.5, 0.6) is 5.75 Å². The Morgan fingerprint density at radius 2 is 2.19 bits per heavy atom. The van der Waals surface area contributed by atoms with Crippen LogP contribution in [0.1, 0.15) is 11.3 Å². The molecule has 21 heavy (non-hydrogen) atoms. The number of anilines is 1. The lowest BCUT2D eigenvalue weighted by molar-refractivity contribution is -0.118. The van der Waals surface area contributed by atoms with Crippen molar-refractivity contribution in [2.45, 2.75) is 13.3 Å². The average molecular weight is 289 g/mol. The Hall–Kier alpha value is -2.83. The number of amides is 2. The van der Waals surface area contributed by atoms with E-state index in [1.165, 1.54) is 0 Å². The normalized spacial score (nSPS) is 10.1. The fourth-order valence-corrected chi connectivity index (χ4v) is 1.70. The van der Waals surface area contributed by atoms with Crippen LogP contribution in [0.25, 0.3) is 0 Å². The lowest BCUT2D eigenvalue weighted by Gasteiger charge is -2.07. The first-order chi connectivity index (χ1) is 10.0. The third kappa shape index (κ3) is 4.64. The Labute approximate surface area is 121 Å². The molecule has 0 spiro atoms. The van der Waals surface area contributed by atoms with Gasteiger partial charge in [-0.1, -0.05) is 17.3 Å². The molecule has 2 aromatic rings. The number of rotatable bonds is 6. The Kier molecular flexibility index (Phi) is 4.55. The summed E-state index contributed by atoms with van der Waals surface area (Å²) in [5.74, 6) is 0.643. The van der Waals surface area contributed by atoms with Gasteiger partial charge in [-0.25, -0.2) is 0 Å². The SMILES string of the molecule is Cc1cc(NC(=O)COc2cccc(CC(N)=O)c2)no1. The van der Waals surface area contributed by atoms with Gasteiger partial charge < -0.3 is 20.3 Å². The maximum absolute atomic E-state index is 11.7. The van der Waals surface area contributed by atoms with E-state index in [4.69, 9.17) is 15.0 Å². The first-order valence-electron chi connectivity index (χ1n) is 6.26. The highest BCUT2D eigenvalue weighted by Gasteiger charge is 2.07. The Morgan fingerprint density at radius 3 is 2.86 bits per heavy atom. The van der Waals surface area contributed by atoms with Crippen molar-refractivity contribution in [3.8, 4) is 5.75 Å². The molecule has 0 aliphatic rings. The molecule has 3 N–H and O–H groups in total. The third-order valence-corrected chi connectivity index (χ3v) is 2.54. The molecule has 0 fully saturated rings. The van der Waals surface area contributed by atoms with Crippen molar-refractivity contribution in [3.05, 3.63) is 41.7 Å². The quantitative estimate of drug-likeness (QED) is 0.825. The monoisotopic (exact) mass is 289 g/mol. The van der Waals surface area contributed by atoms with Crippen molar-refractivity contribution in [2.75, 3.05) is 11.9 Å². The summed E-state index contributed by atoms with van der Waals surface area (Å²) in [6.45, 7) is 1.55. The van der Waals surface area contributed by atoms with E-state index < -0.39 is 5.91 Å². The largest absolute Gasteiger partial charge is 0.484 e. The Bertz CT molecular complexity index is 651. The molecule has 1 aromatic heterocycles. The standard InChI is InChI=1S/C14H15N3O4/c1-9-5-13(17-21-9)16-14(19)8-20-11-4-2-3-10(6-11)7-12(15)18/h2-6H,7-8H2,1H3,(H2,15,18)(H,16,17,19). The molecule has 1 heterocycles. The summed E-state index contributed by atoms with van der Waals surface area (Å²) in [5.41, 5.74) is 5.85. The minimum absolute atomic E-state index is 0.127. The van der Waals surface area contributed by atoms with Gasteiger partial charge in [0.25, 0.3) is 5.91 Å². The van der Waals surface area contributed by atoms with E-state index in [9.17, 15) is 9.59 Å². The van der Waals surface area contributed by atoms with Gasteiger partial charge in [0.1, 0.15) is 11.5 Å². The van der Waals surface area contributed by atoms with E-state index in [1.807, 2.05) is 0 Å². The zero-order valence-electron chi connectivity index (χ0n) is 11.5. The number of ether oxygens (including phenoxy) is 1. The third-order valence-electron chi connectivity index (χ3n) is 2.54. The molecule has 110 valence electrons. The minimum Gasteiger partial charge on any atom is -0.484 e. The van der Waals surface area contributed by atoms with Gasteiger partial charge in [0.05, 0.1) is 6.42 Å². The molecule has 7 nitrogen and oxygen atoms in total. The molecule has 0 aliphatic carbocycles. The maximum Gasteiger partial charge on any atom is 0.263 e. The van der Waals surface area contributed by atoms with E-state index in [2.05, 4.69) is 10.5 Å². The molecule has 0 bridgehead atoms. The van der Waals surface area contributed by atoms with Crippen molar-refractivity contribution in [1.82, 2.24) is 5.16 Å². The second-order valence-electron chi connectivity index (χ2n) is 4.45. The molecule has 2 rings (SSSR count). The lowest BCUT2D eigenvalue weighted by atomic mass is 10.1. The van der Waals surface area contributed by atoms with Crippen molar-refractivity contribution < 1.29 is 18.8 Å². The molecule has 7 heteroatoms. The molecule has 0 atom stereocenters. The van der Waals surface area contributed by atoms with Gasteiger partial charge >= 0.3 is 0 Å². The van der Waals surface area contributed by atoms with Gasteiger partial charge in [-0.15, -0.1) is 0 Å². The molecule has 0 unspecified atom stereocenters. The number of nitrogens with two attached hydrogens (primary N) is 1. The summed E-state index contributed by atoms with van der Waals surface area (Å²) >= 11 is 0. The van der Waals surface area contributed by atoms with Crippen LogP contribution in [0.3, 0.4) is 0 Å². The van der Waals surface area contributed by atoms with E-state index in [0.717, 1.165) is 5.56 Å². The topological polar surface area (TPSA) is 107 Å². The zero-order chi connectivity index (χ0) is 15.2. The van der Waals surface area contributed by atoms with E-state index >= 15 is 0 Å². The van der Waals surface area contributed by atoms with Crippen LogP contribution >= 0.6 is 0 Å². The van der Waals surface area contributed by atoms with E-state index in [0.29, 0.717) is 17.3 Å². The van der Waals surface area contributed by atoms with Crippen LogP contribution in [0, 0.1) is 6.92 Å². The van der Waals surface area contributed by atoms with Crippen molar-refractivity contribution in [3.63, 3.8) is 0 Å². The molecule has 2 amide bonds. The van der Waals surface area contributed by atoms with Gasteiger partial charge in [0.2, 0.25) is 5.91 Å². The number of carbonyl (C=O) groups is 2. The van der Waals surface area contributed by atoms with Crippen LogP contribution in [-0.2, 0) is 16.0 Å². The first kappa shape index (κ1) is 14.6. The molecule has 0 saturated carbocycles. The molecule has 0 radical (unpaired) electrons. The number of aromatic nitrogens is 1. The predicted octanol–water partition coefficient (Wildman–Crippen LogP) is 1.03. The molecular formula is C14H15N3O4. The van der Waals surface area contributed by atoms with Gasteiger partial charge in [-0.2, -0.15) is 0 Å². The van der Waals surface area contributed by atoms with Gasteiger partial charge in [0, 0.05) is 6.07 Å². The van der Waals surface area contributed by atoms with Gasteiger partial charge in [-0.05, 0) is 24.6 Å².